The van der Waals surface area contributed by atoms with E-state index in [0.29, 0.717) is 16.9 Å². The first-order valence-corrected chi connectivity index (χ1v) is 12.8. The lowest BCUT2D eigenvalue weighted by molar-refractivity contribution is -0.138. The van der Waals surface area contributed by atoms with E-state index in [1.165, 1.54) is 12.1 Å². The molecule has 5 rings (SSSR count). The minimum Gasteiger partial charge on any atom is -0.351 e. The predicted molar refractivity (Wildman–Crippen MR) is 145 cm³/mol. The van der Waals surface area contributed by atoms with Gasteiger partial charge in [0, 0.05) is 30.3 Å². The number of para-hydroxylation sites is 1. The largest absolute Gasteiger partial charge is 0.416 e. The molecule has 41 heavy (non-hydrogen) atoms. The van der Waals surface area contributed by atoms with Crippen LogP contribution in [-0.2, 0) is 24.8 Å². The Morgan fingerprint density at radius 2 is 1.68 bits per heavy atom. The maximum absolute atomic E-state index is 15.7. The smallest absolute Gasteiger partial charge is 0.351 e. The van der Waals surface area contributed by atoms with Crippen molar-refractivity contribution in [3.05, 3.63) is 99.7 Å². The maximum atomic E-state index is 15.7. The summed E-state index contributed by atoms with van der Waals surface area (Å²) in [6.45, 7) is 7.54. The number of nitrogens with one attached hydrogen (secondary N) is 1. The van der Waals surface area contributed by atoms with Gasteiger partial charge in [0.1, 0.15) is 11.6 Å². The molecule has 0 spiro atoms. The van der Waals surface area contributed by atoms with Crippen molar-refractivity contribution in [2.24, 2.45) is 5.73 Å². The van der Waals surface area contributed by atoms with Crippen LogP contribution in [0.15, 0.2) is 54.6 Å². The Morgan fingerprint density at radius 1 is 1.02 bits per heavy atom. The van der Waals surface area contributed by atoms with Gasteiger partial charge in [-0.25, -0.2) is 18.3 Å². The summed E-state index contributed by atoms with van der Waals surface area (Å²) in [7, 11) is 0. The van der Waals surface area contributed by atoms with Gasteiger partial charge >= 0.3 is 12.2 Å². The molecule has 0 saturated carbocycles. The third-order valence-electron chi connectivity index (χ3n) is 7.61. The number of aryl methyl sites for hydroxylation is 2. The number of alkyl halides is 3. The van der Waals surface area contributed by atoms with Crippen molar-refractivity contribution in [3.8, 4) is 16.9 Å². The number of fused-ring (bicyclic) bond motifs is 1. The lowest BCUT2D eigenvalue weighted by atomic mass is 9.97. The van der Waals surface area contributed by atoms with Crippen LogP contribution >= 0.6 is 0 Å². The van der Waals surface area contributed by atoms with E-state index in [-0.39, 0.29) is 29.9 Å². The number of carbonyl (C=O) groups is 1. The molecule has 0 atom stereocenters. The lowest BCUT2D eigenvalue weighted by Gasteiger charge is -2.32. The highest BCUT2D eigenvalue weighted by atomic mass is 19.4. The van der Waals surface area contributed by atoms with Crippen molar-refractivity contribution >= 4 is 11.7 Å². The zero-order valence-corrected chi connectivity index (χ0v) is 22.8. The third-order valence-corrected chi connectivity index (χ3v) is 7.61. The van der Waals surface area contributed by atoms with E-state index in [2.05, 4.69) is 5.32 Å². The van der Waals surface area contributed by atoms with Gasteiger partial charge in [0.05, 0.1) is 33.9 Å². The fourth-order valence-electron chi connectivity index (χ4n) is 5.56. The lowest BCUT2D eigenvalue weighted by Crippen LogP contribution is -2.36. The Labute approximate surface area is 233 Å². The molecule has 1 aliphatic heterocycles. The van der Waals surface area contributed by atoms with Gasteiger partial charge in [-0.3, -0.25) is 4.90 Å². The van der Waals surface area contributed by atoms with Crippen LogP contribution in [0, 0.1) is 25.5 Å². The number of nitrogens with zero attached hydrogens (tertiary/aromatic N) is 3. The van der Waals surface area contributed by atoms with Crippen molar-refractivity contribution in [2.75, 3.05) is 5.32 Å². The summed E-state index contributed by atoms with van der Waals surface area (Å²) >= 11 is 0. The van der Waals surface area contributed by atoms with Gasteiger partial charge in [-0.05, 0) is 56.5 Å². The molecule has 1 aliphatic rings. The second-order valence-corrected chi connectivity index (χ2v) is 10.7. The number of hydrogen-bond acceptors (Lipinski definition) is 3. The Morgan fingerprint density at radius 3 is 2.32 bits per heavy atom. The third kappa shape index (κ3) is 4.94. The van der Waals surface area contributed by atoms with E-state index in [0.717, 1.165) is 29.3 Å². The molecule has 2 heterocycles. The SMILES string of the molecule is Cc1cccc(C)c1-n1nc2c(c1-c1cc(F)c(NC(N)=O)cc1F)CN(Cc1ccccc1C(F)(F)F)C2(C)C. The summed E-state index contributed by atoms with van der Waals surface area (Å²) in [6, 6.07) is 11.8. The molecule has 0 fully saturated rings. The zero-order valence-electron chi connectivity index (χ0n) is 22.8. The molecule has 214 valence electrons. The highest BCUT2D eigenvalue weighted by Gasteiger charge is 2.44. The molecule has 1 aromatic heterocycles. The Balaban J connectivity index is 1.70. The van der Waals surface area contributed by atoms with Gasteiger partial charge in [0.2, 0.25) is 0 Å². The minimum atomic E-state index is -4.53. The average Bonchev–Trinajstić information content (AvgIpc) is 3.34. The van der Waals surface area contributed by atoms with E-state index in [4.69, 9.17) is 10.8 Å². The van der Waals surface area contributed by atoms with Crippen LogP contribution in [0.1, 0.15) is 47.4 Å². The topological polar surface area (TPSA) is 76.2 Å². The van der Waals surface area contributed by atoms with Crippen molar-refractivity contribution in [3.63, 3.8) is 0 Å². The number of hydrogen-bond donors (Lipinski definition) is 2. The van der Waals surface area contributed by atoms with E-state index in [1.54, 1.807) is 10.7 Å². The Kier molecular flexibility index (Phi) is 6.89. The monoisotopic (exact) mass is 569 g/mol. The highest BCUT2D eigenvalue weighted by Crippen LogP contribution is 2.46. The standard InChI is InChI=1S/C30H28F5N5O/c1-16-8-7-9-17(2)25(16)40-26(19-12-23(32)24(13-22(19)31)37-28(36)41)20-15-39(29(3,4)27(20)38-40)14-18-10-5-6-11-21(18)30(33,34)35/h5-13H,14-15H2,1-4H3,(H3,36,37,41). The number of halogens is 5. The van der Waals surface area contributed by atoms with Crippen LogP contribution in [0.2, 0.25) is 0 Å². The van der Waals surface area contributed by atoms with Crippen molar-refractivity contribution in [1.29, 1.82) is 0 Å². The van der Waals surface area contributed by atoms with Crippen LogP contribution < -0.4 is 11.1 Å². The van der Waals surface area contributed by atoms with Gasteiger partial charge in [0.15, 0.2) is 0 Å². The fourth-order valence-corrected chi connectivity index (χ4v) is 5.56. The molecule has 3 aromatic carbocycles. The fraction of sp³-hybridized carbons (Fsp3) is 0.267. The summed E-state index contributed by atoms with van der Waals surface area (Å²) in [5.74, 6) is -1.74. The number of primary amides is 1. The number of urea groups is 1. The Hall–Kier alpha value is -4.25. The summed E-state index contributed by atoms with van der Waals surface area (Å²) in [5, 5.41) is 6.96. The zero-order chi connectivity index (χ0) is 29.9. The van der Waals surface area contributed by atoms with Gasteiger partial charge in [-0.2, -0.15) is 18.3 Å². The molecule has 0 bridgehead atoms. The van der Waals surface area contributed by atoms with E-state index in [1.807, 2.05) is 50.8 Å². The van der Waals surface area contributed by atoms with Gasteiger partial charge < -0.3 is 11.1 Å². The van der Waals surface area contributed by atoms with E-state index < -0.39 is 40.6 Å². The number of nitrogens with two attached hydrogens (primary N) is 1. The van der Waals surface area contributed by atoms with Crippen molar-refractivity contribution < 1.29 is 26.7 Å². The number of aromatic nitrogens is 2. The van der Waals surface area contributed by atoms with Crippen molar-refractivity contribution in [1.82, 2.24) is 14.7 Å². The van der Waals surface area contributed by atoms with Crippen LogP contribution in [0.5, 0.6) is 0 Å². The van der Waals surface area contributed by atoms with E-state index >= 15 is 8.78 Å². The predicted octanol–water partition coefficient (Wildman–Crippen LogP) is 7.19. The maximum Gasteiger partial charge on any atom is 0.416 e. The van der Waals surface area contributed by atoms with E-state index in [9.17, 15) is 18.0 Å². The van der Waals surface area contributed by atoms with Gasteiger partial charge in [0.25, 0.3) is 0 Å². The molecule has 6 nitrogen and oxygen atoms in total. The second-order valence-electron chi connectivity index (χ2n) is 10.7. The summed E-state index contributed by atoms with van der Waals surface area (Å²) in [4.78, 5) is 13.1. The van der Waals surface area contributed by atoms with Gasteiger partial charge in [-0.1, -0.05) is 36.4 Å². The molecule has 2 amide bonds. The first-order valence-electron chi connectivity index (χ1n) is 12.8. The summed E-state index contributed by atoms with van der Waals surface area (Å²) in [5.41, 5.74) is 6.84. The minimum absolute atomic E-state index is 0.0415. The first kappa shape index (κ1) is 28.3. The number of amides is 2. The normalized spacial score (nSPS) is 14.8. The quantitative estimate of drug-likeness (QED) is 0.250. The van der Waals surface area contributed by atoms with Crippen LogP contribution in [0.25, 0.3) is 16.9 Å². The number of anilines is 1. The molecule has 11 heteroatoms. The number of rotatable bonds is 5. The highest BCUT2D eigenvalue weighted by molar-refractivity contribution is 5.88. The molecule has 0 saturated heterocycles. The number of carbonyl (C=O) groups excluding carboxylic acids is 1. The van der Waals surface area contributed by atoms with Gasteiger partial charge in [-0.15, -0.1) is 0 Å². The molecule has 0 aliphatic carbocycles. The van der Waals surface area contributed by atoms with Crippen LogP contribution in [-0.4, -0.2) is 20.7 Å². The summed E-state index contributed by atoms with van der Waals surface area (Å²) in [6.07, 6.45) is -4.53. The molecular formula is C30H28F5N5O. The first-order chi connectivity index (χ1) is 19.2. The second kappa shape index (κ2) is 9.99. The molecule has 4 aromatic rings. The van der Waals surface area contributed by atoms with Crippen molar-refractivity contribution in [2.45, 2.75) is 52.5 Å². The van der Waals surface area contributed by atoms with Crippen LogP contribution in [0.3, 0.4) is 0 Å². The Bertz CT molecular complexity index is 1650. The average molecular weight is 570 g/mol. The summed E-state index contributed by atoms with van der Waals surface area (Å²) < 4.78 is 73.7. The molecule has 0 unspecified atom stereocenters. The molecule has 3 N–H and O–H groups in total. The number of benzene rings is 3. The molecular weight excluding hydrogens is 541 g/mol. The molecule has 0 radical (unpaired) electrons. The van der Waals surface area contributed by atoms with Crippen LogP contribution in [0.4, 0.5) is 32.4 Å².